The van der Waals surface area contributed by atoms with Crippen LogP contribution in [-0.2, 0) is 0 Å². The van der Waals surface area contributed by atoms with Crippen molar-refractivity contribution in [3.8, 4) is 0 Å². The molecule has 0 aromatic heterocycles. The van der Waals surface area contributed by atoms with E-state index in [9.17, 15) is 0 Å². The van der Waals surface area contributed by atoms with Gasteiger partial charge in [0.2, 0.25) is 0 Å². The van der Waals surface area contributed by atoms with Crippen LogP contribution in [0.2, 0.25) is 0 Å². The number of rotatable bonds is 18. The van der Waals surface area contributed by atoms with Crippen molar-refractivity contribution in [3.63, 3.8) is 0 Å². The predicted octanol–water partition coefficient (Wildman–Crippen LogP) is 8.46. The lowest BCUT2D eigenvalue weighted by molar-refractivity contribution is 0.430. The second kappa shape index (κ2) is 18.8. The van der Waals surface area contributed by atoms with Crippen molar-refractivity contribution in [3.05, 3.63) is 12.7 Å². The second-order valence-corrected chi connectivity index (χ2v) is 7.36. The molecule has 0 nitrogen and oxygen atoms in total. The molecule has 0 aromatic carbocycles. The molecule has 0 amide bonds. The van der Waals surface area contributed by atoms with Gasteiger partial charge in [-0.05, 0) is 18.8 Å². The van der Waals surface area contributed by atoms with E-state index in [1.54, 1.807) is 0 Å². The van der Waals surface area contributed by atoms with E-state index in [1.807, 2.05) is 6.08 Å². The number of allylic oxidation sites excluding steroid dienone is 1. The molecular weight excluding hydrogens is 264 g/mol. The molecule has 0 N–H and O–H groups in total. The summed E-state index contributed by atoms with van der Waals surface area (Å²) in [7, 11) is 0. The topological polar surface area (TPSA) is 0 Å². The van der Waals surface area contributed by atoms with E-state index in [-0.39, 0.29) is 0 Å². The Bertz CT molecular complexity index is 206. The quantitative estimate of drug-likeness (QED) is 0.176. The molecule has 1 atom stereocenters. The van der Waals surface area contributed by atoms with Crippen LogP contribution in [0.25, 0.3) is 0 Å². The van der Waals surface area contributed by atoms with Crippen molar-refractivity contribution in [2.45, 2.75) is 123 Å². The highest BCUT2D eigenvalue weighted by Gasteiger charge is 2.02. The zero-order valence-corrected chi connectivity index (χ0v) is 15.9. The molecular formula is C22H44. The smallest absolute Gasteiger partial charge is 0.0353 e. The first-order valence-corrected chi connectivity index (χ1v) is 10.4. The van der Waals surface area contributed by atoms with Gasteiger partial charge in [-0.3, -0.25) is 0 Å². The van der Waals surface area contributed by atoms with Gasteiger partial charge < -0.3 is 0 Å². The summed E-state index contributed by atoms with van der Waals surface area (Å²) >= 11 is 0. The maximum absolute atomic E-state index is 3.78. The second-order valence-electron chi connectivity index (χ2n) is 7.36. The van der Waals surface area contributed by atoms with Crippen LogP contribution in [0.4, 0.5) is 0 Å². The Morgan fingerprint density at radius 3 is 1.50 bits per heavy atom. The summed E-state index contributed by atoms with van der Waals surface area (Å²) in [4.78, 5) is 0. The van der Waals surface area contributed by atoms with Crippen molar-refractivity contribution in [2.24, 2.45) is 5.92 Å². The molecule has 0 aliphatic heterocycles. The molecule has 132 valence electrons. The van der Waals surface area contributed by atoms with Crippen molar-refractivity contribution in [2.75, 3.05) is 0 Å². The van der Waals surface area contributed by atoms with Crippen LogP contribution < -0.4 is 0 Å². The summed E-state index contributed by atoms with van der Waals surface area (Å²) in [5, 5.41) is 0. The highest BCUT2D eigenvalue weighted by molar-refractivity contribution is 4.65. The van der Waals surface area contributed by atoms with E-state index < -0.39 is 0 Å². The summed E-state index contributed by atoms with van der Waals surface area (Å²) < 4.78 is 0. The van der Waals surface area contributed by atoms with Crippen LogP contribution >= 0.6 is 0 Å². The minimum atomic E-state index is 0.959. The number of hydrogen-bond donors (Lipinski definition) is 0. The Labute approximate surface area is 142 Å². The van der Waals surface area contributed by atoms with Gasteiger partial charge in [-0.25, -0.2) is 0 Å². The molecule has 0 aliphatic carbocycles. The van der Waals surface area contributed by atoms with Gasteiger partial charge >= 0.3 is 0 Å². The Kier molecular flexibility index (Phi) is 18.6. The van der Waals surface area contributed by atoms with Gasteiger partial charge in [0, 0.05) is 0 Å². The molecule has 0 aliphatic rings. The fraction of sp³-hybridized carbons (Fsp3) is 0.909. The van der Waals surface area contributed by atoms with Crippen LogP contribution in [0.5, 0.6) is 0 Å². The van der Waals surface area contributed by atoms with Crippen LogP contribution in [0.1, 0.15) is 123 Å². The third-order valence-corrected chi connectivity index (χ3v) is 4.91. The fourth-order valence-corrected chi connectivity index (χ4v) is 3.26. The van der Waals surface area contributed by atoms with Gasteiger partial charge in [0.1, 0.15) is 0 Å². The lowest BCUT2D eigenvalue weighted by Gasteiger charge is -2.11. The van der Waals surface area contributed by atoms with Gasteiger partial charge in [-0.15, -0.1) is 6.58 Å². The summed E-state index contributed by atoms with van der Waals surface area (Å²) in [6, 6.07) is 0. The Morgan fingerprint density at radius 1 is 0.636 bits per heavy atom. The molecule has 0 saturated carbocycles. The molecule has 0 bridgehead atoms. The normalized spacial score (nSPS) is 12.5. The molecule has 0 fully saturated rings. The van der Waals surface area contributed by atoms with Gasteiger partial charge in [-0.1, -0.05) is 116 Å². The van der Waals surface area contributed by atoms with E-state index in [1.165, 1.54) is 109 Å². The minimum absolute atomic E-state index is 0.959. The average molecular weight is 309 g/mol. The minimum Gasteiger partial charge on any atom is -0.103 e. The monoisotopic (exact) mass is 308 g/mol. The fourth-order valence-electron chi connectivity index (χ4n) is 3.26. The Morgan fingerprint density at radius 2 is 1.05 bits per heavy atom. The summed E-state index contributed by atoms with van der Waals surface area (Å²) in [5.74, 6) is 0.959. The zero-order valence-electron chi connectivity index (χ0n) is 15.9. The SMILES string of the molecule is C=CCCCCCCCCC(C)CCCCCCCCCC. The average Bonchev–Trinajstić information content (AvgIpc) is 2.52. The largest absolute Gasteiger partial charge is 0.103 e. The van der Waals surface area contributed by atoms with Crippen LogP contribution in [0.3, 0.4) is 0 Å². The van der Waals surface area contributed by atoms with Crippen molar-refractivity contribution < 1.29 is 0 Å². The standard InChI is InChI=1S/C22H44/c1-4-6-8-10-12-14-16-18-20-22(3)21-19-17-15-13-11-9-7-5-2/h4,22H,1,5-21H2,2-3H3. The maximum atomic E-state index is 3.78. The van der Waals surface area contributed by atoms with Crippen LogP contribution in [0.15, 0.2) is 12.7 Å². The lowest BCUT2D eigenvalue weighted by atomic mass is 9.96. The zero-order chi connectivity index (χ0) is 16.3. The predicted molar refractivity (Wildman–Crippen MR) is 104 cm³/mol. The number of hydrogen-bond acceptors (Lipinski definition) is 0. The molecule has 0 rings (SSSR count). The van der Waals surface area contributed by atoms with E-state index in [0.717, 1.165) is 5.92 Å². The van der Waals surface area contributed by atoms with E-state index in [0.29, 0.717) is 0 Å². The van der Waals surface area contributed by atoms with Gasteiger partial charge in [-0.2, -0.15) is 0 Å². The Hall–Kier alpha value is -0.260. The first-order chi connectivity index (χ1) is 10.8. The van der Waals surface area contributed by atoms with E-state index in [2.05, 4.69) is 20.4 Å². The molecule has 0 saturated heterocycles. The highest BCUT2D eigenvalue weighted by Crippen LogP contribution is 2.18. The molecule has 0 aromatic rings. The van der Waals surface area contributed by atoms with Gasteiger partial charge in [0.15, 0.2) is 0 Å². The van der Waals surface area contributed by atoms with Crippen LogP contribution in [-0.4, -0.2) is 0 Å². The van der Waals surface area contributed by atoms with Gasteiger partial charge in [0.25, 0.3) is 0 Å². The van der Waals surface area contributed by atoms with E-state index >= 15 is 0 Å². The summed E-state index contributed by atoms with van der Waals surface area (Å²) in [6.45, 7) is 8.54. The van der Waals surface area contributed by atoms with Crippen molar-refractivity contribution >= 4 is 0 Å². The van der Waals surface area contributed by atoms with Crippen LogP contribution in [0, 0.1) is 5.92 Å². The lowest BCUT2D eigenvalue weighted by Crippen LogP contribution is -1.95. The molecule has 22 heavy (non-hydrogen) atoms. The summed E-state index contributed by atoms with van der Waals surface area (Å²) in [5.41, 5.74) is 0. The van der Waals surface area contributed by atoms with E-state index in [4.69, 9.17) is 0 Å². The van der Waals surface area contributed by atoms with Gasteiger partial charge in [0.05, 0.1) is 0 Å². The third-order valence-electron chi connectivity index (χ3n) is 4.91. The summed E-state index contributed by atoms with van der Waals surface area (Å²) in [6.07, 6.45) is 26.3. The molecule has 0 radical (unpaired) electrons. The first-order valence-electron chi connectivity index (χ1n) is 10.4. The number of unbranched alkanes of at least 4 members (excludes halogenated alkanes) is 13. The Balaban J connectivity index is 3.13. The highest BCUT2D eigenvalue weighted by atomic mass is 14.1. The molecule has 0 heterocycles. The first kappa shape index (κ1) is 21.7. The maximum Gasteiger partial charge on any atom is -0.0353 e. The van der Waals surface area contributed by atoms with Crippen molar-refractivity contribution in [1.29, 1.82) is 0 Å². The third kappa shape index (κ3) is 17.8. The molecule has 0 heteroatoms. The molecule has 1 unspecified atom stereocenters. The van der Waals surface area contributed by atoms with Crippen molar-refractivity contribution in [1.82, 2.24) is 0 Å². The molecule has 0 spiro atoms.